The highest BCUT2D eigenvalue weighted by Gasteiger charge is 2.41. The van der Waals surface area contributed by atoms with E-state index in [1.807, 2.05) is 0 Å². The smallest absolute Gasteiger partial charge is 0.260 e. The molecule has 1 aromatic rings. The Balaban J connectivity index is 2.95. The predicted octanol–water partition coefficient (Wildman–Crippen LogP) is 0.694. The minimum Gasteiger partial charge on any atom is -0.260 e. The number of aromatic nitrogens is 2. The molecule has 0 aliphatic rings. The van der Waals surface area contributed by atoms with E-state index < -0.39 is 18.6 Å². The second-order valence-corrected chi connectivity index (χ2v) is 2.67. The summed E-state index contributed by atoms with van der Waals surface area (Å²) < 4.78 is 37.7. The maximum Gasteiger partial charge on any atom is 0.411 e. The molecule has 1 heterocycles. The van der Waals surface area contributed by atoms with E-state index in [-0.39, 0.29) is 5.46 Å². The summed E-state index contributed by atoms with van der Waals surface area (Å²) in [5, 5.41) is 11.7. The molecule has 0 N–H and O–H groups in total. The third-order valence-electron chi connectivity index (χ3n) is 1.60. The van der Waals surface area contributed by atoms with Gasteiger partial charge in [0.05, 0.1) is 12.5 Å². The highest BCUT2D eigenvalue weighted by atomic mass is 19.4. The van der Waals surface area contributed by atoms with Crippen LogP contribution in [0.25, 0.3) is 0 Å². The van der Waals surface area contributed by atoms with Gasteiger partial charge in [0.25, 0.3) is 0 Å². The quantitative estimate of drug-likeness (QED) is 0.657. The fourth-order valence-corrected chi connectivity index (χ4v) is 0.969. The molecule has 0 amide bonds. The molecule has 0 spiro atoms. The van der Waals surface area contributed by atoms with Crippen molar-refractivity contribution in [3.05, 3.63) is 12.4 Å². The van der Waals surface area contributed by atoms with Gasteiger partial charge in [-0.2, -0.15) is 23.5 Å². The summed E-state index contributed by atoms with van der Waals surface area (Å²) in [6.07, 6.45) is -3.01. The maximum absolute atomic E-state index is 12.3. The van der Waals surface area contributed by atoms with Crippen molar-refractivity contribution in [1.29, 1.82) is 5.26 Å². The largest absolute Gasteiger partial charge is 0.411 e. The molecule has 1 rings (SSSR count). The van der Waals surface area contributed by atoms with E-state index in [1.165, 1.54) is 6.07 Å². The van der Waals surface area contributed by atoms with Gasteiger partial charge in [-0.1, -0.05) is 5.46 Å². The van der Waals surface area contributed by atoms with Gasteiger partial charge >= 0.3 is 6.18 Å². The lowest BCUT2D eigenvalue weighted by Gasteiger charge is -2.17. The molecule has 0 fully saturated rings. The first kappa shape index (κ1) is 10.6. The van der Waals surface area contributed by atoms with Crippen LogP contribution in [0, 0.1) is 11.3 Å². The molecule has 0 saturated carbocycles. The molecule has 0 aromatic carbocycles. The molecule has 72 valence electrons. The van der Waals surface area contributed by atoms with Crippen molar-refractivity contribution in [3.63, 3.8) is 0 Å². The fourth-order valence-electron chi connectivity index (χ4n) is 0.969. The molecule has 1 atom stereocenters. The minimum absolute atomic E-state index is 0.136. The van der Waals surface area contributed by atoms with E-state index in [4.69, 9.17) is 13.1 Å². The molecule has 1 aromatic heterocycles. The zero-order chi connectivity index (χ0) is 10.8. The second kappa shape index (κ2) is 3.74. The Hall–Kier alpha value is -1.45. The van der Waals surface area contributed by atoms with Crippen LogP contribution in [0.2, 0.25) is 0 Å². The van der Waals surface area contributed by atoms with Crippen LogP contribution < -0.4 is 5.46 Å². The molecule has 0 saturated heterocycles. The number of nitrogens with zero attached hydrogens (tertiary/aromatic N) is 3. The summed E-state index contributed by atoms with van der Waals surface area (Å²) in [5.41, 5.74) is 0.136. The number of halogens is 3. The maximum atomic E-state index is 12.3. The molecular weight excluding hydrogens is 194 g/mol. The number of rotatable bonds is 2. The van der Waals surface area contributed by atoms with E-state index in [9.17, 15) is 13.2 Å². The van der Waals surface area contributed by atoms with Gasteiger partial charge in [-0.3, -0.25) is 4.68 Å². The predicted molar refractivity (Wildman–Crippen MR) is 42.9 cm³/mol. The Bertz CT molecular complexity index is 352. The third kappa shape index (κ3) is 2.28. The Morgan fingerprint density at radius 3 is 2.64 bits per heavy atom. The van der Waals surface area contributed by atoms with Gasteiger partial charge in [0.15, 0.2) is 6.04 Å². The van der Waals surface area contributed by atoms with Crippen molar-refractivity contribution in [3.8, 4) is 6.07 Å². The van der Waals surface area contributed by atoms with Gasteiger partial charge in [0.2, 0.25) is 0 Å². The Morgan fingerprint density at radius 2 is 2.29 bits per heavy atom. The minimum atomic E-state index is -4.49. The summed E-state index contributed by atoms with van der Waals surface area (Å²) in [4.78, 5) is 0. The molecule has 0 aliphatic heterocycles. The lowest BCUT2D eigenvalue weighted by molar-refractivity contribution is -0.168. The van der Waals surface area contributed by atoms with E-state index in [1.54, 1.807) is 0 Å². The zero-order valence-electron chi connectivity index (χ0n) is 6.99. The second-order valence-electron chi connectivity index (χ2n) is 2.67. The summed E-state index contributed by atoms with van der Waals surface area (Å²) in [7, 11) is 5.22. The summed E-state index contributed by atoms with van der Waals surface area (Å²) in [5.74, 6) is 0. The van der Waals surface area contributed by atoms with Crippen LogP contribution in [0.3, 0.4) is 0 Å². The summed E-state index contributed by atoms with van der Waals surface area (Å²) in [6, 6.07) is -0.466. The van der Waals surface area contributed by atoms with Crippen molar-refractivity contribution in [2.75, 3.05) is 0 Å². The van der Waals surface area contributed by atoms with Crippen LogP contribution in [0.5, 0.6) is 0 Å². The molecule has 0 bridgehead atoms. The lowest BCUT2D eigenvalue weighted by atomic mass is 10.0. The van der Waals surface area contributed by atoms with Crippen molar-refractivity contribution < 1.29 is 13.2 Å². The molecule has 7 heteroatoms. The average Bonchev–Trinajstić information content (AvgIpc) is 2.45. The summed E-state index contributed by atoms with van der Waals surface area (Å²) in [6.45, 7) is 0. The van der Waals surface area contributed by atoms with Gasteiger partial charge < -0.3 is 0 Å². The molecule has 0 aliphatic carbocycles. The topological polar surface area (TPSA) is 41.6 Å². The highest BCUT2D eigenvalue weighted by molar-refractivity contribution is 6.31. The van der Waals surface area contributed by atoms with E-state index in [2.05, 4.69) is 5.10 Å². The van der Waals surface area contributed by atoms with E-state index in [0.717, 1.165) is 12.4 Å². The lowest BCUT2D eigenvalue weighted by Crippen LogP contribution is -2.26. The van der Waals surface area contributed by atoms with Gasteiger partial charge in [-0.05, 0) is 0 Å². The van der Waals surface area contributed by atoms with Crippen LogP contribution in [-0.4, -0.2) is 23.8 Å². The monoisotopic (exact) mass is 199 g/mol. The molecule has 1 unspecified atom stereocenters. The first-order valence-electron chi connectivity index (χ1n) is 3.68. The first-order chi connectivity index (χ1) is 6.45. The van der Waals surface area contributed by atoms with Gasteiger partial charge in [-0.25, -0.2) is 0 Å². The van der Waals surface area contributed by atoms with Gasteiger partial charge in [-0.15, -0.1) is 0 Å². The zero-order valence-corrected chi connectivity index (χ0v) is 6.99. The number of hydrogen-bond acceptors (Lipinski definition) is 2. The van der Waals surface area contributed by atoms with Crippen LogP contribution in [0.4, 0.5) is 13.2 Å². The van der Waals surface area contributed by atoms with Gasteiger partial charge in [0.1, 0.15) is 7.85 Å². The van der Waals surface area contributed by atoms with Crippen LogP contribution in [0.1, 0.15) is 12.5 Å². The van der Waals surface area contributed by atoms with Crippen LogP contribution in [-0.2, 0) is 0 Å². The molecule has 14 heavy (non-hydrogen) atoms. The highest BCUT2D eigenvalue weighted by Crippen LogP contribution is 2.31. The third-order valence-corrected chi connectivity index (χ3v) is 1.60. The van der Waals surface area contributed by atoms with Crippen molar-refractivity contribution >= 4 is 13.3 Å². The Labute approximate surface area is 79.5 Å². The van der Waals surface area contributed by atoms with Gasteiger partial charge in [0, 0.05) is 12.4 Å². The van der Waals surface area contributed by atoms with Crippen molar-refractivity contribution in [1.82, 2.24) is 9.78 Å². The van der Waals surface area contributed by atoms with E-state index in [0.29, 0.717) is 4.68 Å². The fraction of sp³-hybridized carbons (Fsp3) is 0.429. The normalized spacial score (nSPS) is 13.6. The Morgan fingerprint density at radius 1 is 1.64 bits per heavy atom. The SMILES string of the molecule is [B]c1cnn(C(CC#N)C(F)(F)F)c1. The molecule has 2 radical (unpaired) electrons. The van der Waals surface area contributed by atoms with Crippen molar-refractivity contribution in [2.45, 2.75) is 18.6 Å². The molecule has 3 nitrogen and oxygen atoms in total. The first-order valence-corrected chi connectivity index (χ1v) is 3.68. The number of alkyl halides is 3. The van der Waals surface area contributed by atoms with Crippen LogP contribution in [0.15, 0.2) is 12.4 Å². The molecular formula is C7H5BF3N3. The number of hydrogen-bond donors (Lipinski definition) is 0. The van der Waals surface area contributed by atoms with Crippen molar-refractivity contribution in [2.24, 2.45) is 0 Å². The van der Waals surface area contributed by atoms with E-state index >= 15 is 0 Å². The Kier molecular flexibility index (Phi) is 2.84. The number of nitriles is 1. The average molecular weight is 199 g/mol. The summed E-state index contributed by atoms with van der Waals surface area (Å²) >= 11 is 0. The van der Waals surface area contributed by atoms with Crippen LogP contribution >= 0.6 is 0 Å². The standard InChI is InChI=1S/C7H5BF3N3/c8-5-3-13-14(4-5)6(1-2-12)7(9,10)11/h3-4,6H,1H2.